The van der Waals surface area contributed by atoms with Crippen molar-refractivity contribution in [1.82, 2.24) is 0 Å². The van der Waals surface area contributed by atoms with E-state index in [-0.39, 0.29) is 10.6 Å². The molecule has 0 unspecified atom stereocenters. The van der Waals surface area contributed by atoms with Crippen LogP contribution in [-0.4, -0.2) is 15.0 Å². The summed E-state index contributed by atoms with van der Waals surface area (Å²) >= 11 is 6.10. The van der Waals surface area contributed by atoms with Gasteiger partial charge in [-0.2, -0.15) is 8.42 Å². The summed E-state index contributed by atoms with van der Waals surface area (Å²) in [6.07, 6.45) is 1.83. The van der Waals surface area contributed by atoms with E-state index in [1.807, 2.05) is 37.3 Å². The smallest absolute Gasteiger partial charge is 0.339 e. The van der Waals surface area contributed by atoms with Gasteiger partial charge >= 0.3 is 10.1 Å². The molecule has 0 aliphatic heterocycles. The molecule has 136 valence electrons. The Labute approximate surface area is 158 Å². The summed E-state index contributed by atoms with van der Waals surface area (Å²) < 4.78 is 36.4. The van der Waals surface area contributed by atoms with Crippen molar-refractivity contribution >= 4 is 32.5 Å². The van der Waals surface area contributed by atoms with Crippen LogP contribution in [0.15, 0.2) is 65.6 Å². The summed E-state index contributed by atoms with van der Waals surface area (Å²) in [6, 6.07) is 17.1. The van der Waals surface area contributed by atoms with Crippen LogP contribution in [0, 0.1) is 0 Å². The maximum atomic E-state index is 12.7. The molecular weight excluding hydrogens is 372 g/mol. The van der Waals surface area contributed by atoms with Crippen molar-refractivity contribution in [3.8, 4) is 11.5 Å². The molecule has 6 heteroatoms. The number of fused-ring (bicyclic) bond motifs is 1. The molecule has 3 rings (SSSR count). The number of rotatable bonds is 7. The third kappa shape index (κ3) is 4.11. The molecule has 0 fully saturated rings. The van der Waals surface area contributed by atoms with Gasteiger partial charge in [0.1, 0.15) is 10.6 Å². The lowest BCUT2D eigenvalue weighted by molar-refractivity contribution is 0.308. The summed E-state index contributed by atoms with van der Waals surface area (Å²) in [5.41, 5.74) is 0. The van der Waals surface area contributed by atoms with Crippen LogP contribution in [-0.2, 0) is 10.1 Å². The molecule has 4 nitrogen and oxygen atoms in total. The Morgan fingerprint density at radius 3 is 2.54 bits per heavy atom. The molecule has 3 aromatic rings. The molecule has 0 N–H and O–H groups in total. The Balaban J connectivity index is 1.91. The first-order chi connectivity index (χ1) is 12.5. The topological polar surface area (TPSA) is 52.6 Å². The molecule has 0 atom stereocenters. The van der Waals surface area contributed by atoms with Gasteiger partial charge in [0.2, 0.25) is 0 Å². The van der Waals surface area contributed by atoms with Crippen LogP contribution in [0.3, 0.4) is 0 Å². The minimum atomic E-state index is -4.01. The highest BCUT2D eigenvalue weighted by Gasteiger charge is 2.20. The first-order valence-corrected chi connectivity index (χ1v) is 10.1. The molecule has 0 radical (unpaired) electrons. The van der Waals surface area contributed by atoms with Gasteiger partial charge in [-0.1, -0.05) is 61.3 Å². The number of benzene rings is 3. The third-order valence-electron chi connectivity index (χ3n) is 3.90. The van der Waals surface area contributed by atoms with Gasteiger partial charge in [-0.3, -0.25) is 0 Å². The maximum absolute atomic E-state index is 12.7. The predicted octanol–water partition coefficient (Wildman–Crippen LogP) is 5.44. The Morgan fingerprint density at radius 1 is 0.962 bits per heavy atom. The van der Waals surface area contributed by atoms with E-state index in [2.05, 4.69) is 0 Å². The minimum Gasteiger partial charge on any atom is -0.492 e. The highest BCUT2D eigenvalue weighted by Crippen LogP contribution is 2.31. The van der Waals surface area contributed by atoms with Crippen molar-refractivity contribution < 1.29 is 17.3 Å². The average Bonchev–Trinajstić information content (AvgIpc) is 2.63. The lowest BCUT2D eigenvalue weighted by Gasteiger charge is -2.12. The zero-order chi connectivity index (χ0) is 18.6. The van der Waals surface area contributed by atoms with E-state index < -0.39 is 10.1 Å². The van der Waals surface area contributed by atoms with Gasteiger partial charge in [-0.15, -0.1) is 0 Å². The van der Waals surface area contributed by atoms with E-state index in [4.69, 9.17) is 20.5 Å². The van der Waals surface area contributed by atoms with E-state index in [9.17, 15) is 8.42 Å². The van der Waals surface area contributed by atoms with Gasteiger partial charge in [0.15, 0.2) is 5.75 Å². The Hall–Kier alpha value is -2.24. The second-order valence-corrected chi connectivity index (χ2v) is 7.76. The molecule has 3 aromatic carbocycles. The normalized spacial score (nSPS) is 11.5. The maximum Gasteiger partial charge on any atom is 0.339 e. The van der Waals surface area contributed by atoms with E-state index in [1.54, 1.807) is 12.1 Å². The Morgan fingerprint density at radius 2 is 1.73 bits per heavy atom. The molecule has 0 heterocycles. The van der Waals surface area contributed by atoms with Crippen LogP contribution in [0.5, 0.6) is 11.5 Å². The molecule has 0 aliphatic carbocycles. The third-order valence-corrected chi connectivity index (χ3v) is 5.44. The van der Waals surface area contributed by atoms with Crippen molar-refractivity contribution in [2.24, 2.45) is 0 Å². The molecule has 0 aliphatic rings. The van der Waals surface area contributed by atoms with E-state index in [0.29, 0.717) is 17.4 Å². The fourth-order valence-electron chi connectivity index (χ4n) is 2.51. The zero-order valence-corrected chi connectivity index (χ0v) is 15.9. The predicted molar refractivity (Wildman–Crippen MR) is 104 cm³/mol. The summed E-state index contributed by atoms with van der Waals surface area (Å²) in [7, 11) is -4.01. The zero-order valence-electron chi connectivity index (χ0n) is 14.3. The van der Waals surface area contributed by atoms with Gasteiger partial charge in [-0.05, 0) is 30.0 Å². The molecule has 0 amide bonds. The molecular formula is C20H19ClO4S. The summed E-state index contributed by atoms with van der Waals surface area (Å²) in [4.78, 5) is 0.00123. The Kier molecular flexibility index (Phi) is 5.69. The van der Waals surface area contributed by atoms with Crippen LogP contribution in [0.4, 0.5) is 0 Å². The van der Waals surface area contributed by atoms with E-state index in [0.717, 1.165) is 23.6 Å². The minimum absolute atomic E-state index is 0.00123. The fourth-order valence-corrected chi connectivity index (χ4v) is 3.65. The van der Waals surface area contributed by atoms with Gasteiger partial charge < -0.3 is 8.92 Å². The largest absolute Gasteiger partial charge is 0.492 e. The molecule has 0 saturated heterocycles. The van der Waals surface area contributed by atoms with Gasteiger partial charge in [0, 0.05) is 11.5 Å². The summed E-state index contributed by atoms with van der Waals surface area (Å²) in [5, 5.41) is 2.00. The number of hydrogen-bond acceptors (Lipinski definition) is 4. The quantitative estimate of drug-likeness (QED) is 0.398. The molecule has 26 heavy (non-hydrogen) atoms. The van der Waals surface area contributed by atoms with Crippen molar-refractivity contribution in [3.05, 3.63) is 65.7 Å². The van der Waals surface area contributed by atoms with Crippen LogP contribution in [0.2, 0.25) is 5.02 Å². The van der Waals surface area contributed by atoms with E-state index >= 15 is 0 Å². The number of ether oxygens (including phenoxy) is 1. The SMILES string of the molecule is CCCCOc1cc(S(=O)(=O)Oc2cccc3ccccc23)ccc1Cl. The van der Waals surface area contributed by atoms with Crippen molar-refractivity contribution in [2.75, 3.05) is 6.61 Å². The van der Waals surface area contributed by atoms with E-state index in [1.165, 1.54) is 18.2 Å². The summed E-state index contributed by atoms with van der Waals surface area (Å²) in [6.45, 7) is 2.52. The average molecular weight is 391 g/mol. The number of hydrogen-bond donors (Lipinski definition) is 0. The number of halogens is 1. The van der Waals surface area contributed by atoms with Gasteiger partial charge in [0.05, 0.1) is 11.6 Å². The van der Waals surface area contributed by atoms with Crippen LogP contribution in [0.25, 0.3) is 10.8 Å². The van der Waals surface area contributed by atoms with Crippen LogP contribution >= 0.6 is 11.6 Å². The number of unbranched alkanes of at least 4 members (excludes halogenated alkanes) is 1. The lowest BCUT2D eigenvalue weighted by Crippen LogP contribution is -2.10. The monoisotopic (exact) mass is 390 g/mol. The van der Waals surface area contributed by atoms with Crippen molar-refractivity contribution in [3.63, 3.8) is 0 Å². The highest BCUT2D eigenvalue weighted by atomic mass is 35.5. The molecule has 0 saturated carbocycles. The van der Waals surface area contributed by atoms with Crippen molar-refractivity contribution in [2.45, 2.75) is 24.7 Å². The van der Waals surface area contributed by atoms with Gasteiger partial charge in [0.25, 0.3) is 0 Å². The van der Waals surface area contributed by atoms with Crippen molar-refractivity contribution in [1.29, 1.82) is 0 Å². The standard InChI is InChI=1S/C20H19ClO4S/c1-2-3-13-24-20-14-16(11-12-18(20)21)26(22,23)25-19-10-6-8-15-7-4-5-9-17(15)19/h4-12,14H,2-3,13H2,1H3. The first-order valence-electron chi connectivity index (χ1n) is 8.36. The van der Waals surface area contributed by atoms with Crippen LogP contribution < -0.4 is 8.92 Å². The first kappa shape index (κ1) is 18.5. The lowest BCUT2D eigenvalue weighted by atomic mass is 10.1. The summed E-state index contributed by atoms with van der Waals surface area (Å²) in [5.74, 6) is 0.620. The fraction of sp³-hybridized carbons (Fsp3) is 0.200. The molecule has 0 bridgehead atoms. The van der Waals surface area contributed by atoms with Crippen LogP contribution in [0.1, 0.15) is 19.8 Å². The molecule has 0 spiro atoms. The second-order valence-electron chi connectivity index (χ2n) is 5.81. The molecule has 0 aromatic heterocycles. The second kappa shape index (κ2) is 7.98. The highest BCUT2D eigenvalue weighted by molar-refractivity contribution is 7.87. The Bertz CT molecular complexity index is 1010. The van der Waals surface area contributed by atoms with Gasteiger partial charge in [-0.25, -0.2) is 0 Å².